The lowest BCUT2D eigenvalue weighted by atomic mass is 10.2. The molecule has 2 N–H and O–H groups in total. The van der Waals surface area contributed by atoms with Crippen molar-refractivity contribution < 1.29 is 13.6 Å². The van der Waals surface area contributed by atoms with Gasteiger partial charge in [0.15, 0.2) is 5.69 Å². The molecule has 4 rings (SSSR count). The monoisotopic (exact) mass is 407 g/mol. The minimum Gasteiger partial charge on any atom is -0.350 e. The molecule has 28 heavy (non-hydrogen) atoms. The highest BCUT2D eigenvalue weighted by Gasteiger charge is 2.24. The first kappa shape index (κ1) is 18.7. The fourth-order valence-electron chi connectivity index (χ4n) is 3.23. The maximum Gasteiger partial charge on any atom is 0.284 e. The molecule has 11 heteroatoms. The number of carbonyl (C=O) groups excluding carboxylic acids is 1. The summed E-state index contributed by atoms with van der Waals surface area (Å²) in [5.74, 6) is 0.185. The van der Waals surface area contributed by atoms with E-state index < -0.39 is 18.0 Å². The Morgan fingerprint density at radius 1 is 1.46 bits per heavy atom. The number of amides is 1. The third kappa shape index (κ3) is 3.42. The number of nitrogens with one attached hydrogen (secondary N) is 2. The van der Waals surface area contributed by atoms with E-state index in [4.69, 9.17) is 0 Å². The number of alkyl halides is 2. The molecule has 8 nitrogen and oxygen atoms in total. The lowest BCUT2D eigenvalue weighted by molar-refractivity contribution is 0.102. The molecule has 0 spiro atoms. The molecule has 3 aromatic heterocycles. The molecule has 1 amide bonds. The topological polar surface area (TPSA) is 88.0 Å². The van der Waals surface area contributed by atoms with Crippen LogP contribution < -0.4 is 15.5 Å². The minimum atomic E-state index is -2.78. The average molecular weight is 407 g/mol. The van der Waals surface area contributed by atoms with Crippen molar-refractivity contribution in [2.45, 2.75) is 19.4 Å². The summed E-state index contributed by atoms with van der Waals surface area (Å²) in [7, 11) is 1.52. The van der Waals surface area contributed by atoms with Gasteiger partial charge < -0.3 is 15.5 Å². The zero-order valence-electron chi connectivity index (χ0n) is 15.3. The number of piperazine rings is 1. The molecule has 1 aliphatic heterocycles. The second-order valence-corrected chi connectivity index (χ2v) is 7.49. The largest absolute Gasteiger partial charge is 0.350 e. The van der Waals surface area contributed by atoms with Gasteiger partial charge in [0.25, 0.3) is 12.3 Å². The molecule has 1 unspecified atom stereocenters. The van der Waals surface area contributed by atoms with E-state index >= 15 is 0 Å². The highest BCUT2D eigenvalue weighted by molar-refractivity contribution is 7.17. The summed E-state index contributed by atoms with van der Waals surface area (Å²) in [6.45, 7) is 4.57. The van der Waals surface area contributed by atoms with Gasteiger partial charge in [-0.2, -0.15) is 5.10 Å². The molecule has 1 aliphatic rings. The van der Waals surface area contributed by atoms with Crippen LogP contribution >= 0.6 is 11.3 Å². The number of hydrogen-bond acceptors (Lipinski definition) is 7. The van der Waals surface area contributed by atoms with Gasteiger partial charge in [0.2, 0.25) is 0 Å². The number of rotatable bonds is 4. The Labute approximate surface area is 163 Å². The Balaban J connectivity index is 1.65. The van der Waals surface area contributed by atoms with Gasteiger partial charge in [0.1, 0.15) is 16.2 Å². The SMILES string of the molecule is CC1CNCCN1c1cnc2scc(C(=O)Nc3cn(C)nc3C(F)F)c2n1. The molecule has 4 heterocycles. The van der Waals surface area contributed by atoms with Crippen LogP contribution in [0.2, 0.25) is 0 Å². The van der Waals surface area contributed by atoms with Crippen LogP contribution in [0.1, 0.15) is 29.4 Å². The smallest absolute Gasteiger partial charge is 0.284 e. The predicted octanol–water partition coefficient (Wildman–Crippen LogP) is 2.41. The Kier molecular flexibility index (Phi) is 4.94. The van der Waals surface area contributed by atoms with E-state index in [2.05, 4.69) is 37.5 Å². The summed E-state index contributed by atoms with van der Waals surface area (Å²) < 4.78 is 27.5. The summed E-state index contributed by atoms with van der Waals surface area (Å²) in [5.41, 5.74) is 0.299. The van der Waals surface area contributed by atoms with Gasteiger partial charge in [-0.15, -0.1) is 11.3 Å². The number of nitrogens with zero attached hydrogens (tertiary/aromatic N) is 5. The summed E-state index contributed by atoms with van der Waals surface area (Å²) in [5, 5.41) is 11.2. The summed E-state index contributed by atoms with van der Waals surface area (Å²) in [6.07, 6.45) is 0.280. The van der Waals surface area contributed by atoms with E-state index in [9.17, 15) is 13.6 Å². The first-order valence-electron chi connectivity index (χ1n) is 8.78. The molecule has 0 saturated carbocycles. The molecule has 3 aromatic rings. The van der Waals surface area contributed by atoms with Crippen molar-refractivity contribution in [3.63, 3.8) is 0 Å². The fourth-order valence-corrected chi connectivity index (χ4v) is 4.06. The molecule has 0 radical (unpaired) electrons. The van der Waals surface area contributed by atoms with Crippen molar-refractivity contribution in [3.8, 4) is 0 Å². The maximum absolute atomic E-state index is 13.1. The Bertz CT molecular complexity index is 1020. The van der Waals surface area contributed by atoms with Crippen LogP contribution in [-0.4, -0.2) is 51.3 Å². The molecular weight excluding hydrogens is 388 g/mol. The molecule has 1 atom stereocenters. The van der Waals surface area contributed by atoms with Crippen LogP contribution in [0.15, 0.2) is 17.8 Å². The first-order chi connectivity index (χ1) is 13.4. The number of aromatic nitrogens is 4. The molecule has 0 aliphatic carbocycles. The zero-order valence-corrected chi connectivity index (χ0v) is 16.1. The maximum atomic E-state index is 13.1. The standard InChI is InChI=1S/C17H19F2N7OS/c1-9-5-20-3-4-26(9)12-6-21-17-13(23-12)10(8-28-17)16(27)22-11-7-25(2)24-14(11)15(18)19/h6-9,15,20H,3-5H2,1-2H3,(H,22,27). The molecule has 1 fully saturated rings. The van der Waals surface area contributed by atoms with E-state index in [1.165, 1.54) is 29.3 Å². The van der Waals surface area contributed by atoms with Gasteiger partial charge >= 0.3 is 0 Å². The molecular formula is C17H19F2N7OS. The lowest BCUT2D eigenvalue weighted by Crippen LogP contribution is -2.50. The van der Waals surface area contributed by atoms with E-state index in [1.54, 1.807) is 11.6 Å². The Hall–Kier alpha value is -2.66. The third-order valence-electron chi connectivity index (χ3n) is 4.62. The predicted molar refractivity (Wildman–Crippen MR) is 103 cm³/mol. The molecule has 1 saturated heterocycles. The van der Waals surface area contributed by atoms with Crippen molar-refractivity contribution in [1.29, 1.82) is 0 Å². The quantitative estimate of drug-likeness (QED) is 0.691. The van der Waals surface area contributed by atoms with Crippen LogP contribution in [0, 0.1) is 0 Å². The van der Waals surface area contributed by atoms with Gasteiger partial charge in [0, 0.05) is 44.3 Å². The average Bonchev–Trinajstić information content (AvgIpc) is 3.25. The van der Waals surface area contributed by atoms with Crippen molar-refractivity contribution in [2.75, 3.05) is 29.9 Å². The Morgan fingerprint density at radius 3 is 3.04 bits per heavy atom. The van der Waals surface area contributed by atoms with Gasteiger partial charge in [-0.3, -0.25) is 9.48 Å². The number of hydrogen-bond donors (Lipinski definition) is 2. The van der Waals surface area contributed by atoms with Crippen molar-refractivity contribution in [2.24, 2.45) is 7.05 Å². The zero-order chi connectivity index (χ0) is 19.8. The normalized spacial score (nSPS) is 17.5. The number of anilines is 2. The van der Waals surface area contributed by atoms with Gasteiger partial charge in [-0.1, -0.05) is 0 Å². The van der Waals surface area contributed by atoms with Crippen LogP contribution in [-0.2, 0) is 7.05 Å². The highest BCUT2D eigenvalue weighted by atomic mass is 32.1. The number of fused-ring (bicyclic) bond motifs is 1. The van der Waals surface area contributed by atoms with E-state index in [0.717, 1.165) is 19.6 Å². The van der Waals surface area contributed by atoms with Gasteiger partial charge in [-0.25, -0.2) is 18.7 Å². The van der Waals surface area contributed by atoms with E-state index in [0.29, 0.717) is 21.7 Å². The van der Waals surface area contributed by atoms with E-state index in [1.807, 2.05) is 0 Å². The van der Waals surface area contributed by atoms with Gasteiger partial charge in [0.05, 0.1) is 17.4 Å². The minimum absolute atomic E-state index is 0.0123. The Morgan fingerprint density at radius 2 is 2.29 bits per heavy atom. The second-order valence-electron chi connectivity index (χ2n) is 6.63. The van der Waals surface area contributed by atoms with Crippen molar-refractivity contribution in [1.82, 2.24) is 25.1 Å². The molecule has 0 aromatic carbocycles. The highest BCUT2D eigenvalue weighted by Crippen LogP contribution is 2.29. The third-order valence-corrected chi connectivity index (χ3v) is 5.50. The van der Waals surface area contributed by atoms with E-state index in [-0.39, 0.29) is 11.7 Å². The number of carbonyl (C=O) groups is 1. The number of halogens is 2. The lowest BCUT2D eigenvalue weighted by Gasteiger charge is -2.34. The van der Waals surface area contributed by atoms with Crippen molar-refractivity contribution in [3.05, 3.63) is 29.0 Å². The van der Waals surface area contributed by atoms with Crippen LogP contribution in [0.5, 0.6) is 0 Å². The number of aryl methyl sites for hydroxylation is 1. The summed E-state index contributed by atoms with van der Waals surface area (Å²) in [6, 6.07) is 0.250. The summed E-state index contributed by atoms with van der Waals surface area (Å²) >= 11 is 1.29. The van der Waals surface area contributed by atoms with Crippen LogP contribution in [0.3, 0.4) is 0 Å². The molecule has 0 bridgehead atoms. The fraction of sp³-hybridized carbons (Fsp3) is 0.412. The van der Waals surface area contributed by atoms with Crippen molar-refractivity contribution >= 4 is 39.1 Å². The van der Waals surface area contributed by atoms with Gasteiger partial charge in [-0.05, 0) is 6.92 Å². The second kappa shape index (κ2) is 7.40. The van der Waals surface area contributed by atoms with Crippen LogP contribution in [0.4, 0.5) is 20.3 Å². The first-order valence-corrected chi connectivity index (χ1v) is 9.66. The molecule has 148 valence electrons. The van der Waals surface area contributed by atoms with Crippen LogP contribution in [0.25, 0.3) is 10.3 Å². The summed E-state index contributed by atoms with van der Waals surface area (Å²) in [4.78, 5) is 24.6. The number of thiophene rings is 1.